The van der Waals surface area contributed by atoms with Crippen LogP contribution in [0.2, 0.25) is 0 Å². The van der Waals surface area contributed by atoms with E-state index in [4.69, 9.17) is 9.52 Å². The maximum absolute atomic E-state index is 11.5. The third kappa shape index (κ3) is 2.29. The summed E-state index contributed by atoms with van der Waals surface area (Å²) >= 11 is 0. The SMILES string of the molecule is C/C=C\c1c(CC)ccc2oc(=O)c(C(=O)O)cc12. The van der Waals surface area contributed by atoms with Crippen molar-refractivity contribution >= 4 is 23.0 Å². The van der Waals surface area contributed by atoms with Crippen molar-refractivity contribution in [2.75, 3.05) is 0 Å². The molecule has 0 radical (unpaired) electrons. The van der Waals surface area contributed by atoms with Crippen molar-refractivity contribution in [2.45, 2.75) is 20.3 Å². The molecule has 1 aromatic carbocycles. The maximum atomic E-state index is 11.5. The molecule has 0 atom stereocenters. The minimum atomic E-state index is -1.27. The van der Waals surface area contributed by atoms with E-state index in [1.807, 2.05) is 32.1 Å². The predicted octanol–water partition coefficient (Wildman–Crippen LogP) is 3.09. The molecule has 4 heteroatoms. The van der Waals surface area contributed by atoms with Gasteiger partial charge in [-0.2, -0.15) is 0 Å². The van der Waals surface area contributed by atoms with Gasteiger partial charge in [0.25, 0.3) is 0 Å². The fourth-order valence-corrected chi connectivity index (χ4v) is 2.08. The summed E-state index contributed by atoms with van der Waals surface area (Å²) in [7, 11) is 0. The highest BCUT2D eigenvalue weighted by molar-refractivity contribution is 5.95. The zero-order chi connectivity index (χ0) is 14.0. The summed E-state index contributed by atoms with van der Waals surface area (Å²) in [6.07, 6.45) is 4.59. The lowest BCUT2D eigenvalue weighted by atomic mass is 9.99. The summed E-state index contributed by atoms with van der Waals surface area (Å²) in [5.41, 5.74) is 1.21. The second-order valence-electron chi connectivity index (χ2n) is 4.16. The van der Waals surface area contributed by atoms with E-state index in [9.17, 15) is 9.59 Å². The van der Waals surface area contributed by atoms with Gasteiger partial charge in [-0.1, -0.05) is 25.1 Å². The molecule has 2 rings (SSSR count). The van der Waals surface area contributed by atoms with Crippen LogP contribution in [-0.2, 0) is 6.42 Å². The summed E-state index contributed by atoms with van der Waals surface area (Å²) in [6.45, 7) is 3.90. The molecule has 0 bridgehead atoms. The zero-order valence-corrected chi connectivity index (χ0v) is 10.8. The lowest BCUT2D eigenvalue weighted by Gasteiger charge is -2.08. The highest BCUT2D eigenvalue weighted by atomic mass is 16.4. The Labute approximate surface area is 110 Å². The zero-order valence-electron chi connectivity index (χ0n) is 10.8. The molecule has 0 aliphatic heterocycles. The number of carbonyl (C=O) groups is 1. The Hall–Kier alpha value is -2.36. The number of aromatic carboxylic acids is 1. The number of hydrogen-bond acceptors (Lipinski definition) is 3. The van der Waals surface area contributed by atoms with Gasteiger partial charge in [-0.15, -0.1) is 0 Å². The van der Waals surface area contributed by atoms with Crippen LogP contribution in [0.3, 0.4) is 0 Å². The fourth-order valence-electron chi connectivity index (χ4n) is 2.08. The van der Waals surface area contributed by atoms with Crippen LogP contribution in [0.4, 0.5) is 0 Å². The lowest BCUT2D eigenvalue weighted by Crippen LogP contribution is -2.13. The predicted molar refractivity (Wildman–Crippen MR) is 73.5 cm³/mol. The van der Waals surface area contributed by atoms with Gasteiger partial charge in [0.2, 0.25) is 0 Å². The first-order chi connectivity index (χ1) is 9.08. The molecular weight excluding hydrogens is 244 g/mol. The normalized spacial score (nSPS) is 11.3. The molecule has 0 amide bonds. The summed E-state index contributed by atoms with van der Waals surface area (Å²) in [5.74, 6) is -1.27. The van der Waals surface area contributed by atoms with Crippen LogP contribution in [0.5, 0.6) is 0 Å². The Morgan fingerprint density at radius 3 is 2.74 bits per heavy atom. The van der Waals surface area contributed by atoms with E-state index in [1.54, 1.807) is 6.07 Å². The third-order valence-corrected chi connectivity index (χ3v) is 2.99. The van der Waals surface area contributed by atoms with Gasteiger partial charge >= 0.3 is 11.6 Å². The molecule has 0 unspecified atom stereocenters. The van der Waals surface area contributed by atoms with E-state index in [0.29, 0.717) is 11.0 Å². The molecule has 4 nitrogen and oxygen atoms in total. The first-order valence-electron chi connectivity index (χ1n) is 6.04. The highest BCUT2D eigenvalue weighted by Crippen LogP contribution is 2.24. The molecule has 0 saturated heterocycles. The molecule has 0 spiro atoms. The topological polar surface area (TPSA) is 67.5 Å². The quantitative estimate of drug-likeness (QED) is 0.859. The van der Waals surface area contributed by atoms with Crippen molar-refractivity contribution in [3.8, 4) is 0 Å². The fraction of sp³-hybridized carbons (Fsp3) is 0.200. The number of aryl methyl sites for hydroxylation is 1. The van der Waals surface area contributed by atoms with Crippen LogP contribution < -0.4 is 5.63 Å². The number of benzene rings is 1. The molecule has 1 N–H and O–H groups in total. The second kappa shape index (κ2) is 5.10. The van der Waals surface area contributed by atoms with Gasteiger partial charge in [0.15, 0.2) is 0 Å². The Kier molecular flexibility index (Phi) is 3.51. The van der Waals surface area contributed by atoms with Crippen molar-refractivity contribution < 1.29 is 14.3 Å². The molecule has 1 heterocycles. The largest absolute Gasteiger partial charge is 0.477 e. The van der Waals surface area contributed by atoms with Crippen molar-refractivity contribution in [1.29, 1.82) is 0 Å². The molecule has 1 aromatic heterocycles. The lowest BCUT2D eigenvalue weighted by molar-refractivity contribution is 0.0692. The first kappa shape index (κ1) is 13.1. The molecule has 0 aliphatic carbocycles. The van der Waals surface area contributed by atoms with Gasteiger partial charge in [-0.25, -0.2) is 9.59 Å². The van der Waals surface area contributed by atoms with Gasteiger partial charge in [0, 0.05) is 5.39 Å². The van der Waals surface area contributed by atoms with Gasteiger partial charge in [-0.05, 0) is 36.6 Å². The minimum Gasteiger partial charge on any atom is -0.477 e. The molecular formula is C15H14O4. The van der Waals surface area contributed by atoms with E-state index in [1.165, 1.54) is 6.07 Å². The van der Waals surface area contributed by atoms with Crippen molar-refractivity contribution in [2.24, 2.45) is 0 Å². The average molecular weight is 258 g/mol. The monoisotopic (exact) mass is 258 g/mol. The molecule has 0 saturated carbocycles. The van der Waals surface area contributed by atoms with E-state index in [-0.39, 0.29) is 5.56 Å². The van der Waals surface area contributed by atoms with Crippen LogP contribution in [0.25, 0.3) is 17.0 Å². The van der Waals surface area contributed by atoms with Crippen molar-refractivity contribution in [1.82, 2.24) is 0 Å². The van der Waals surface area contributed by atoms with E-state index in [2.05, 4.69) is 0 Å². The van der Waals surface area contributed by atoms with Crippen LogP contribution in [0, 0.1) is 0 Å². The molecule has 0 fully saturated rings. The van der Waals surface area contributed by atoms with Crippen LogP contribution in [-0.4, -0.2) is 11.1 Å². The summed E-state index contributed by atoms with van der Waals surface area (Å²) in [6, 6.07) is 4.98. The molecule has 2 aromatic rings. The second-order valence-corrected chi connectivity index (χ2v) is 4.16. The van der Waals surface area contributed by atoms with E-state index >= 15 is 0 Å². The first-order valence-corrected chi connectivity index (χ1v) is 6.04. The Balaban J connectivity index is 2.90. The van der Waals surface area contributed by atoms with E-state index < -0.39 is 11.6 Å². The maximum Gasteiger partial charge on any atom is 0.351 e. The molecule has 19 heavy (non-hydrogen) atoms. The summed E-state index contributed by atoms with van der Waals surface area (Å²) < 4.78 is 5.07. The number of carboxylic acid groups (broad SMARTS) is 1. The van der Waals surface area contributed by atoms with Crippen molar-refractivity contribution in [3.63, 3.8) is 0 Å². The Bertz CT molecular complexity index is 723. The van der Waals surface area contributed by atoms with Gasteiger partial charge in [-0.3, -0.25) is 0 Å². The van der Waals surface area contributed by atoms with Crippen molar-refractivity contribution in [3.05, 3.63) is 51.4 Å². The van der Waals surface area contributed by atoms with Gasteiger partial charge in [0.05, 0.1) is 0 Å². The average Bonchev–Trinajstić information content (AvgIpc) is 2.38. The standard InChI is InChI=1S/C15H14O4/c1-3-5-10-9(4-2)6-7-13-11(10)8-12(14(16)17)15(18)19-13/h3,5-8H,4H2,1-2H3,(H,16,17)/b5-3-. The van der Waals surface area contributed by atoms with Crippen LogP contribution >= 0.6 is 0 Å². The van der Waals surface area contributed by atoms with Gasteiger partial charge < -0.3 is 9.52 Å². The number of fused-ring (bicyclic) bond motifs is 1. The van der Waals surface area contributed by atoms with Crippen LogP contribution in [0.15, 0.2) is 33.5 Å². The minimum absolute atomic E-state index is 0.341. The smallest absolute Gasteiger partial charge is 0.351 e. The van der Waals surface area contributed by atoms with Gasteiger partial charge in [0.1, 0.15) is 11.1 Å². The summed E-state index contributed by atoms with van der Waals surface area (Å²) in [4.78, 5) is 22.5. The Morgan fingerprint density at radius 2 is 2.16 bits per heavy atom. The Morgan fingerprint density at radius 1 is 1.42 bits per heavy atom. The number of rotatable bonds is 3. The third-order valence-electron chi connectivity index (χ3n) is 2.99. The number of hydrogen-bond donors (Lipinski definition) is 1. The van der Waals surface area contributed by atoms with E-state index in [0.717, 1.165) is 17.5 Å². The van der Waals surface area contributed by atoms with Crippen LogP contribution in [0.1, 0.15) is 35.3 Å². The molecule has 98 valence electrons. The number of allylic oxidation sites excluding steroid dienone is 1. The number of carboxylic acids is 1. The molecule has 0 aliphatic rings. The highest BCUT2D eigenvalue weighted by Gasteiger charge is 2.14. The summed E-state index contributed by atoms with van der Waals surface area (Å²) in [5, 5.41) is 9.64.